The van der Waals surface area contributed by atoms with Crippen LogP contribution in [-0.4, -0.2) is 16.3 Å². The molecule has 1 aromatic rings. The van der Waals surface area contributed by atoms with Gasteiger partial charge in [-0.1, -0.05) is 17.7 Å². The second-order valence-electron chi connectivity index (χ2n) is 2.42. The van der Waals surface area contributed by atoms with Crippen LogP contribution in [0.25, 0.3) is 0 Å². The highest BCUT2D eigenvalue weighted by atomic mass is 35.5. The molecule has 1 rings (SSSR count). The van der Waals surface area contributed by atoms with Gasteiger partial charge >= 0.3 is 0 Å². The lowest BCUT2D eigenvalue weighted by atomic mass is 10.4. The van der Waals surface area contributed by atoms with E-state index in [1.807, 2.05) is 0 Å². The van der Waals surface area contributed by atoms with Crippen LogP contribution >= 0.6 is 11.6 Å². The molecule has 0 atom stereocenters. The molecule has 0 fully saturated rings. The Labute approximate surface area is 75.2 Å². The Kier molecular flexibility index (Phi) is 3.31. The first kappa shape index (κ1) is 9.29. The summed E-state index contributed by atoms with van der Waals surface area (Å²) in [7, 11) is 0. The number of aliphatic hydroxyl groups excluding tert-OH is 1. The molecule has 0 unspecified atom stereocenters. The van der Waals surface area contributed by atoms with Crippen molar-refractivity contribution in [3.63, 3.8) is 0 Å². The fraction of sp³-hybridized carbons (Fsp3) is 0.375. The van der Waals surface area contributed by atoms with E-state index in [9.17, 15) is 4.79 Å². The van der Waals surface area contributed by atoms with Gasteiger partial charge in [-0.25, -0.2) is 0 Å². The first-order valence-electron chi connectivity index (χ1n) is 3.72. The van der Waals surface area contributed by atoms with Gasteiger partial charge in [0.05, 0.1) is 0 Å². The van der Waals surface area contributed by atoms with E-state index in [2.05, 4.69) is 0 Å². The molecular formula is C8H10ClNO2. The van der Waals surface area contributed by atoms with E-state index < -0.39 is 0 Å². The Morgan fingerprint density at radius 2 is 2.25 bits per heavy atom. The smallest absolute Gasteiger partial charge is 0.251 e. The van der Waals surface area contributed by atoms with Crippen LogP contribution in [0.2, 0.25) is 5.15 Å². The van der Waals surface area contributed by atoms with Gasteiger partial charge in [0, 0.05) is 19.2 Å². The Balaban J connectivity index is 2.89. The van der Waals surface area contributed by atoms with Crippen molar-refractivity contribution in [3.8, 4) is 0 Å². The number of hydrogen-bond donors (Lipinski definition) is 1. The van der Waals surface area contributed by atoms with Gasteiger partial charge in [0.25, 0.3) is 5.56 Å². The Morgan fingerprint density at radius 1 is 1.50 bits per heavy atom. The number of aliphatic hydroxyl groups is 1. The number of rotatable bonds is 3. The SMILES string of the molecule is O=c1cccc(Cl)n1CCCO. The highest BCUT2D eigenvalue weighted by Gasteiger charge is 1.98. The van der Waals surface area contributed by atoms with E-state index in [4.69, 9.17) is 16.7 Å². The third-order valence-electron chi connectivity index (χ3n) is 1.54. The molecule has 0 bridgehead atoms. The summed E-state index contributed by atoms with van der Waals surface area (Å²) in [5.74, 6) is 0. The third-order valence-corrected chi connectivity index (χ3v) is 1.87. The summed E-state index contributed by atoms with van der Waals surface area (Å²) in [6.45, 7) is 0.534. The van der Waals surface area contributed by atoms with E-state index in [0.29, 0.717) is 18.1 Å². The number of aromatic nitrogens is 1. The largest absolute Gasteiger partial charge is 0.396 e. The molecule has 1 heterocycles. The number of halogens is 1. The molecule has 0 amide bonds. The highest BCUT2D eigenvalue weighted by molar-refractivity contribution is 6.29. The maximum Gasteiger partial charge on any atom is 0.251 e. The molecule has 66 valence electrons. The monoisotopic (exact) mass is 187 g/mol. The summed E-state index contributed by atoms with van der Waals surface area (Å²) >= 11 is 5.75. The first-order chi connectivity index (χ1) is 5.75. The number of hydrogen-bond acceptors (Lipinski definition) is 2. The molecule has 4 heteroatoms. The van der Waals surface area contributed by atoms with Gasteiger partial charge < -0.3 is 5.11 Å². The van der Waals surface area contributed by atoms with Crippen LogP contribution in [0.4, 0.5) is 0 Å². The van der Waals surface area contributed by atoms with Gasteiger partial charge in [-0.05, 0) is 12.5 Å². The third kappa shape index (κ3) is 2.09. The normalized spacial score (nSPS) is 10.2. The van der Waals surface area contributed by atoms with Crippen LogP contribution in [0.15, 0.2) is 23.0 Å². The fourth-order valence-electron chi connectivity index (χ4n) is 0.941. The molecule has 0 saturated heterocycles. The molecule has 0 aliphatic heterocycles. The lowest BCUT2D eigenvalue weighted by molar-refractivity contribution is 0.279. The van der Waals surface area contributed by atoms with Crippen LogP contribution in [0.5, 0.6) is 0 Å². The molecule has 0 aliphatic carbocycles. The molecule has 0 radical (unpaired) electrons. The van der Waals surface area contributed by atoms with Crippen LogP contribution in [-0.2, 0) is 6.54 Å². The average Bonchev–Trinajstić information content (AvgIpc) is 2.04. The van der Waals surface area contributed by atoms with E-state index in [-0.39, 0.29) is 12.2 Å². The zero-order chi connectivity index (χ0) is 8.97. The minimum atomic E-state index is -0.129. The Morgan fingerprint density at radius 3 is 2.83 bits per heavy atom. The average molecular weight is 188 g/mol. The van der Waals surface area contributed by atoms with Gasteiger partial charge in [0.15, 0.2) is 0 Å². The van der Waals surface area contributed by atoms with Crippen molar-refractivity contribution in [2.75, 3.05) is 6.61 Å². The van der Waals surface area contributed by atoms with Crippen molar-refractivity contribution >= 4 is 11.6 Å². The lowest BCUT2D eigenvalue weighted by Gasteiger charge is -2.05. The molecule has 1 N–H and O–H groups in total. The predicted octanol–water partition coefficient (Wildman–Crippen LogP) is 0.884. The first-order valence-corrected chi connectivity index (χ1v) is 4.09. The quantitative estimate of drug-likeness (QED) is 0.714. The van der Waals surface area contributed by atoms with Gasteiger partial charge in [-0.15, -0.1) is 0 Å². The maximum absolute atomic E-state index is 11.1. The van der Waals surface area contributed by atoms with E-state index in [0.717, 1.165) is 0 Å². The summed E-state index contributed by atoms with van der Waals surface area (Å²) in [5, 5.41) is 8.96. The topological polar surface area (TPSA) is 42.2 Å². The summed E-state index contributed by atoms with van der Waals surface area (Å²) in [6, 6.07) is 4.71. The zero-order valence-corrected chi connectivity index (χ0v) is 7.29. The number of pyridine rings is 1. The summed E-state index contributed by atoms with van der Waals surface area (Å²) in [5.41, 5.74) is -0.129. The van der Waals surface area contributed by atoms with Crippen LogP contribution < -0.4 is 5.56 Å². The summed E-state index contributed by atoms with van der Waals surface area (Å²) < 4.78 is 1.43. The molecular weight excluding hydrogens is 178 g/mol. The minimum Gasteiger partial charge on any atom is -0.396 e. The second-order valence-corrected chi connectivity index (χ2v) is 2.80. The zero-order valence-electron chi connectivity index (χ0n) is 6.53. The predicted molar refractivity (Wildman–Crippen MR) is 47.4 cm³/mol. The van der Waals surface area contributed by atoms with Crippen molar-refractivity contribution in [3.05, 3.63) is 33.7 Å². The minimum absolute atomic E-state index is 0.0671. The molecule has 0 aliphatic rings. The van der Waals surface area contributed by atoms with Gasteiger partial charge in [0.1, 0.15) is 5.15 Å². The molecule has 1 aromatic heterocycles. The molecule has 0 spiro atoms. The Hall–Kier alpha value is -0.800. The fourth-order valence-corrected chi connectivity index (χ4v) is 1.18. The van der Waals surface area contributed by atoms with Crippen LogP contribution in [0, 0.1) is 0 Å². The highest BCUT2D eigenvalue weighted by Crippen LogP contribution is 2.04. The Bertz CT molecular complexity index is 308. The molecule has 0 aromatic carbocycles. The second kappa shape index (κ2) is 4.28. The van der Waals surface area contributed by atoms with Crippen molar-refractivity contribution < 1.29 is 5.11 Å². The van der Waals surface area contributed by atoms with Crippen molar-refractivity contribution in [2.45, 2.75) is 13.0 Å². The van der Waals surface area contributed by atoms with E-state index in [1.165, 1.54) is 10.6 Å². The standard InChI is InChI=1S/C8H10ClNO2/c9-7-3-1-4-8(12)10(7)5-2-6-11/h1,3-4,11H,2,5-6H2. The van der Waals surface area contributed by atoms with E-state index >= 15 is 0 Å². The van der Waals surface area contributed by atoms with Crippen molar-refractivity contribution in [1.29, 1.82) is 0 Å². The molecule has 3 nitrogen and oxygen atoms in total. The number of nitrogens with zero attached hydrogens (tertiary/aromatic N) is 1. The van der Waals surface area contributed by atoms with Gasteiger partial charge in [0.2, 0.25) is 0 Å². The van der Waals surface area contributed by atoms with E-state index in [1.54, 1.807) is 12.1 Å². The van der Waals surface area contributed by atoms with Crippen molar-refractivity contribution in [1.82, 2.24) is 4.57 Å². The van der Waals surface area contributed by atoms with Gasteiger partial charge in [-0.3, -0.25) is 9.36 Å². The van der Waals surface area contributed by atoms with Crippen LogP contribution in [0.1, 0.15) is 6.42 Å². The summed E-state index contributed by atoms with van der Waals surface area (Å²) in [6.07, 6.45) is 0.545. The maximum atomic E-state index is 11.1. The molecule has 12 heavy (non-hydrogen) atoms. The van der Waals surface area contributed by atoms with Crippen LogP contribution in [0.3, 0.4) is 0 Å². The van der Waals surface area contributed by atoms with Crippen molar-refractivity contribution in [2.24, 2.45) is 0 Å². The van der Waals surface area contributed by atoms with Gasteiger partial charge in [-0.2, -0.15) is 0 Å². The lowest BCUT2D eigenvalue weighted by Crippen LogP contribution is -2.19. The summed E-state index contributed by atoms with van der Waals surface area (Å²) in [4.78, 5) is 11.1. The molecule has 0 saturated carbocycles.